The van der Waals surface area contributed by atoms with E-state index in [2.05, 4.69) is 11.8 Å². The average molecular weight is 522 g/mol. The standard InChI is InChI=1S/C28H38F3N3O3/c1-27(11-15-34(18-27)22-4-2-3-5-22)26(37)33-14-10-20(17-33)23-7-6-21(28(29,30)31)16-24(23)32-12-8-19(9-13-32)25(35)36/h6-7,16,19-20,22H,2-5,8-15,17-18H2,1H3,(H,35,36). The van der Waals surface area contributed by atoms with Gasteiger partial charge in [-0.25, -0.2) is 0 Å². The van der Waals surface area contributed by atoms with Gasteiger partial charge in [-0.1, -0.05) is 18.9 Å². The molecule has 1 saturated carbocycles. The van der Waals surface area contributed by atoms with Gasteiger partial charge in [-0.3, -0.25) is 14.5 Å². The van der Waals surface area contributed by atoms with Gasteiger partial charge in [0.2, 0.25) is 5.91 Å². The number of hydrogen-bond acceptors (Lipinski definition) is 4. The predicted molar refractivity (Wildman–Crippen MR) is 135 cm³/mol. The van der Waals surface area contributed by atoms with Crippen LogP contribution in [-0.2, 0) is 15.8 Å². The van der Waals surface area contributed by atoms with Gasteiger partial charge in [-0.05, 0) is 69.7 Å². The molecule has 0 radical (unpaired) electrons. The van der Waals surface area contributed by atoms with Gasteiger partial charge in [0, 0.05) is 50.4 Å². The SMILES string of the molecule is CC1(C(=O)N2CCC(c3ccc(C(F)(F)F)cc3N3CCC(C(=O)O)CC3)C2)CCN(C2CCCC2)C1. The summed E-state index contributed by atoms with van der Waals surface area (Å²) in [6, 6.07) is 4.55. The Balaban J connectivity index is 1.31. The Labute approximate surface area is 216 Å². The largest absolute Gasteiger partial charge is 0.481 e. The second-order valence-electron chi connectivity index (χ2n) is 11.8. The van der Waals surface area contributed by atoms with E-state index in [4.69, 9.17) is 0 Å². The van der Waals surface area contributed by atoms with Crippen molar-refractivity contribution in [2.45, 2.75) is 76.4 Å². The molecular formula is C28H38F3N3O3. The third kappa shape index (κ3) is 5.33. The molecule has 37 heavy (non-hydrogen) atoms. The van der Waals surface area contributed by atoms with E-state index in [1.165, 1.54) is 31.7 Å². The number of carboxylic acid groups (broad SMARTS) is 1. The molecule has 0 bridgehead atoms. The van der Waals surface area contributed by atoms with E-state index in [1.807, 2.05) is 9.80 Å². The molecule has 1 aliphatic carbocycles. The number of hydrogen-bond donors (Lipinski definition) is 1. The molecule has 3 aliphatic heterocycles. The van der Waals surface area contributed by atoms with Gasteiger partial charge in [0.1, 0.15) is 0 Å². The predicted octanol–water partition coefficient (Wildman–Crippen LogP) is 4.98. The van der Waals surface area contributed by atoms with Gasteiger partial charge in [-0.2, -0.15) is 13.2 Å². The smallest absolute Gasteiger partial charge is 0.416 e. The number of anilines is 1. The first-order valence-corrected chi connectivity index (χ1v) is 13.8. The van der Waals surface area contributed by atoms with Crippen molar-refractivity contribution in [2.75, 3.05) is 44.2 Å². The molecule has 1 aromatic rings. The lowest BCUT2D eigenvalue weighted by molar-refractivity contribution is -0.142. The lowest BCUT2D eigenvalue weighted by Crippen LogP contribution is -2.44. The highest BCUT2D eigenvalue weighted by Gasteiger charge is 2.46. The molecule has 0 spiro atoms. The van der Waals surface area contributed by atoms with Gasteiger partial charge in [0.25, 0.3) is 0 Å². The van der Waals surface area contributed by atoms with Crippen LogP contribution in [0.4, 0.5) is 18.9 Å². The van der Waals surface area contributed by atoms with Crippen LogP contribution in [0.2, 0.25) is 0 Å². The van der Waals surface area contributed by atoms with E-state index in [1.54, 1.807) is 6.07 Å². The molecule has 1 amide bonds. The lowest BCUT2D eigenvalue weighted by atomic mass is 9.88. The number of aliphatic carboxylic acids is 1. The highest BCUT2D eigenvalue weighted by molar-refractivity contribution is 5.83. The first-order valence-electron chi connectivity index (χ1n) is 13.8. The second kappa shape index (κ2) is 10.1. The summed E-state index contributed by atoms with van der Waals surface area (Å²) in [5.74, 6) is -1.16. The number of rotatable bonds is 5. The maximum Gasteiger partial charge on any atom is 0.416 e. The maximum atomic E-state index is 13.7. The van der Waals surface area contributed by atoms with E-state index in [0.29, 0.717) is 50.7 Å². The number of piperidine rings is 1. The molecule has 1 aromatic carbocycles. The van der Waals surface area contributed by atoms with E-state index < -0.39 is 29.0 Å². The number of benzene rings is 1. The Bertz CT molecular complexity index is 1020. The van der Waals surface area contributed by atoms with Crippen LogP contribution in [0.3, 0.4) is 0 Å². The van der Waals surface area contributed by atoms with Crippen LogP contribution in [0, 0.1) is 11.3 Å². The quantitative estimate of drug-likeness (QED) is 0.593. The van der Waals surface area contributed by atoms with Crippen molar-refractivity contribution in [3.05, 3.63) is 29.3 Å². The minimum Gasteiger partial charge on any atom is -0.481 e. The third-order valence-electron chi connectivity index (χ3n) is 9.32. The van der Waals surface area contributed by atoms with E-state index in [-0.39, 0.29) is 11.8 Å². The van der Waals surface area contributed by atoms with Crippen LogP contribution >= 0.6 is 0 Å². The van der Waals surface area contributed by atoms with Crippen molar-refractivity contribution in [3.8, 4) is 0 Å². The Morgan fingerprint density at radius 3 is 2.35 bits per heavy atom. The van der Waals surface area contributed by atoms with Crippen molar-refractivity contribution >= 4 is 17.6 Å². The molecule has 6 nitrogen and oxygen atoms in total. The van der Waals surface area contributed by atoms with Crippen LogP contribution in [0.15, 0.2) is 18.2 Å². The summed E-state index contributed by atoms with van der Waals surface area (Å²) in [5, 5.41) is 9.34. The summed E-state index contributed by atoms with van der Waals surface area (Å²) >= 11 is 0. The van der Waals surface area contributed by atoms with Crippen LogP contribution in [-0.4, -0.2) is 72.1 Å². The molecule has 5 rings (SSSR count). The number of likely N-dealkylation sites (tertiary alicyclic amines) is 2. The molecule has 3 saturated heterocycles. The summed E-state index contributed by atoms with van der Waals surface area (Å²) in [7, 11) is 0. The Morgan fingerprint density at radius 1 is 1.00 bits per heavy atom. The number of carbonyl (C=O) groups is 2. The van der Waals surface area contributed by atoms with Crippen molar-refractivity contribution in [1.82, 2.24) is 9.80 Å². The first kappa shape index (κ1) is 26.3. The normalized spacial score (nSPS) is 28.4. The van der Waals surface area contributed by atoms with E-state index in [9.17, 15) is 27.9 Å². The Hall–Kier alpha value is -2.29. The molecule has 4 aliphatic rings. The molecule has 0 aromatic heterocycles. The fourth-order valence-electron chi connectivity index (χ4n) is 7.04. The van der Waals surface area contributed by atoms with Crippen LogP contribution in [0.25, 0.3) is 0 Å². The van der Waals surface area contributed by atoms with E-state index in [0.717, 1.165) is 37.6 Å². The van der Waals surface area contributed by atoms with Crippen LogP contribution < -0.4 is 4.90 Å². The van der Waals surface area contributed by atoms with Gasteiger partial charge in [0.15, 0.2) is 0 Å². The number of carboxylic acids is 1. The number of halogens is 3. The number of alkyl halides is 3. The zero-order chi connectivity index (χ0) is 26.4. The lowest BCUT2D eigenvalue weighted by Gasteiger charge is -2.35. The van der Waals surface area contributed by atoms with Crippen molar-refractivity contribution in [2.24, 2.45) is 11.3 Å². The van der Waals surface area contributed by atoms with Crippen molar-refractivity contribution in [1.29, 1.82) is 0 Å². The Morgan fingerprint density at radius 2 is 1.70 bits per heavy atom. The summed E-state index contributed by atoms with van der Waals surface area (Å²) < 4.78 is 40.8. The molecule has 4 fully saturated rings. The minimum atomic E-state index is -4.45. The highest BCUT2D eigenvalue weighted by atomic mass is 19.4. The maximum absolute atomic E-state index is 13.7. The topological polar surface area (TPSA) is 64.1 Å². The molecule has 3 heterocycles. The number of carbonyl (C=O) groups excluding carboxylic acids is 1. The molecule has 9 heteroatoms. The third-order valence-corrected chi connectivity index (χ3v) is 9.32. The Kier molecular flexibility index (Phi) is 7.20. The molecular weight excluding hydrogens is 483 g/mol. The second-order valence-corrected chi connectivity index (χ2v) is 11.8. The van der Waals surface area contributed by atoms with Crippen LogP contribution in [0.5, 0.6) is 0 Å². The average Bonchev–Trinajstić information content (AvgIpc) is 3.64. The monoisotopic (exact) mass is 521 g/mol. The summed E-state index contributed by atoms with van der Waals surface area (Å²) in [6.45, 7) is 5.78. The minimum absolute atomic E-state index is 0.0330. The zero-order valence-electron chi connectivity index (χ0n) is 21.6. The zero-order valence-corrected chi connectivity index (χ0v) is 21.6. The van der Waals surface area contributed by atoms with Gasteiger partial charge in [0.05, 0.1) is 16.9 Å². The van der Waals surface area contributed by atoms with Gasteiger partial charge in [-0.15, -0.1) is 0 Å². The van der Waals surface area contributed by atoms with Gasteiger partial charge < -0.3 is 14.9 Å². The summed E-state index contributed by atoms with van der Waals surface area (Å²) in [4.78, 5) is 31.4. The fourth-order valence-corrected chi connectivity index (χ4v) is 7.04. The van der Waals surface area contributed by atoms with Crippen molar-refractivity contribution < 1.29 is 27.9 Å². The summed E-state index contributed by atoms with van der Waals surface area (Å²) in [6.07, 6.45) is 2.92. The number of amides is 1. The molecule has 2 unspecified atom stereocenters. The highest BCUT2D eigenvalue weighted by Crippen LogP contribution is 2.42. The van der Waals surface area contributed by atoms with Crippen molar-refractivity contribution in [3.63, 3.8) is 0 Å². The number of nitrogens with zero attached hydrogens (tertiary/aromatic N) is 3. The first-order chi connectivity index (χ1) is 17.5. The summed E-state index contributed by atoms with van der Waals surface area (Å²) in [5.41, 5.74) is 0.279. The molecule has 204 valence electrons. The molecule has 2 atom stereocenters. The fraction of sp³-hybridized carbons (Fsp3) is 0.714. The van der Waals surface area contributed by atoms with E-state index >= 15 is 0 Å². The van der Waals surface area contributed by atoms with Crippen LogP contribution in [0.1, 0.15) is 75.3 Å². The molecule has 1 N–H and O–H groups in total. The van der Waals surface area contributed by atoms with Gasteiger partial charge >= 0.3 is 12.1 Å².